The lowest BCUT2D eigenvalue weighted by atomic mass is 10.1. The van der Waals surface area contributed by atoms with Gasteiger partial charge >= 0.3 is 0 Å². The molecule has 2 heterocycles. The Balaban J connectivity index is 1.41. The highest BCUT2D eigenvalue weighted by molar-refractivity contribution is 5.96. The fourth-order valence-electron chi connectivity index (χ4n) is 4.15. The predicted octanol–water partition coefficient (Wildman–Crippen LogP) is 4.64. The van der Waals surface area contributed by atoms with E-state index in [4.69, 9.17) is 9.72 Å². The lowest BCUT2D eigenvalue weighted by molar-refractivity contribution is -0.117. The number of hydrogen-bond acceptors (Lipinski definition) is 3. The maximum absolute atomic E-state index is 12.7. The van der Waals surface area contributed by atoms with E-state index < -0.39 is 0 Å². The maximum Gasteiger partial charge on any atom is 0.227 e. The Morgan fingerprint density at radius 2 is 1.60 bits per heavy atom. The van der Waals surface area contributed by atoms with E-state index >= 15 is 0 Å². The van der Waals surface area contributed by atoms with Crippen LogP contribution < -0.4 is 9.64 Å². The average molecular weight is 397 g/mol. The van der Waals surface area contributed by atoms with Crippen molar-refractivity contribution in [2.24, 2.45) is 0 Å². The van der Waals surface area contributed by atoms with Crippen LogP contribution >= 0.6 is 0 Å². The summed E-state index contributed by atoms with van der Waals surface area (Å²) in [6.07, 6.45) is 0.470. The number of carbonyl (C=O) groups is 1. The number of nitrogens with zero attached hydrogens (tertiary/aromatic N) is 3. The highest BCUT2D eigenvalue weighted by Crippen LogP contribution is 2.33. The first kappa shape index (κ1) is 18.4. The summed E-state index contributed by atoms with van der Waals surface area (Å²) in [5.74, 6) is 2.02. The number of imidazole rings is 1. The van der Waals surface area contributed by atoms with Crippen LogP contribution in [-0.2, 0) is 11.3 Å². The van der Waals surface area contributed by atoms with Crippen molar-refractivity contribution in [1.29, 1.82) is 0 Å². The highest BCUT2D eigenvalue weighted by Gasteiger charge is 2.34. The maximum atomic E-state index is 12.7. The minimum Gasteiger partial charge on any atom is -0.492 e. The summed E-state index contributed by atoms with van der Waals surface area (Å²) in [5.41, 5.74) is 2.98. The third-order valence-electron chi connectivity index (χ3n) is 5.57. The molecule has 0 unspecified atom stereocenters. The molecule has 1 saturated heterocycles. The first-order chi connectivity index (χ1) is 14.8. The number of fused-ring (bicyclic) bond motifs is 1. The molecular formula is C25H23N3O2. The van der Waals surface area contributed by atoms with E-state index in [2.05, 4.69) is 10.6 Å². The van der Waals surface area contributed by atoms with Crippen LogP contribution in [0.1, 0.15) is 18.2 Å². The van der Waals surface area contributed by atoms with Gasteiger partial charge in [0.1, 0.15) is 18.2 Å². The Morgan fingerprint density at radius 3 is 2.40 bits per heavy atom. The van der Waals surface area contributed by atoms with Gasteiger partial charge in [-0.1, -0.05) is 48.5 Å². The fraction of sp³-hybridized carbons (Fsp3) is 0.200. The van der Waals surface area contributed by atoms with Gasteiger partial charge in [0.2, 0.25) is 5.91 Å². The summed E-state index contributed by atoms with van der Waals surface area (Å²) in [6.45, 7) is 1.87. The first-order valence-electron chi connectivity index (χ1n) is 10.3. The second-order valence-electron chi connectivity index (χ2n) is 7.51. The van der Waals surface area contributed by atoms with Gasteiger partial charge in [-0.15, -0.1) is 0 Å². The third-order valence-corrected chi connectivity index (χ3v) is 5.57. The zero-order chi connectivity index (χ0) is 20.3. The lowest BCUT2D eigenvalue weighted by Crippen LogP contribution is -2.24. The van der Waals surface area contributed by atoms with Crippen LogP contribution in [0.25, 0.3) is 11.0 Å². The van der Waals surface area contributed by atoms with Gasteiger partial charge in [-0.25, -0.2) is 4.98 Å². The van der Waals surface area contributed by atoms with E-state index in [1.165, 1.54) is 0 Å². The monoisotopic (exact) mass is 397 g/mol. The van der Waals surface area contributed by atoms with Crippen LogP contribution in [0, 0.1) is 0 Å². The minimum atomic E-state index is 0.0573. The normalized spacial score (nSPS) is 16.3. The number of anilines is 1. The molecule has 0 saturated carbocycles. The van der Waals surface area contributed by atoms with Crippen LogP contribution in [0.15, 0.2) is 84.9 Å². The van der Waals surface area contributed by atoms with E-state index in [1.807, 2.05) is 83.8 Å². The molecule has 0 spiro atoms. The molecule has 0 N–H and O–H groups in total. The highest BCUT2D eigenvalue weighted by atomic mass is 16.5. The summed E-state index contributed by atoms with van der Waals surface area (Å²) in [6, 6.07) is 27.8. The molecule has 1 aromatic heterocycles. The van der Waals surface area contributed by atoms with Gasteiger partial charge in [-0.2, -0.15) is 0 Å². The summed E-state index contributed by atoms with van der Waals surface area (Å²) in [4.78, 5) is 19.5. The molecule has 1 fully saturated rings. The molecule has 150 valence electrons. The summed E-state index contributed by atoms with van der Waals surface area (Å²) in [7, 11) is 0. The number of hydrogen-bond donors (Lipinski definition) is 0. The summed E-state index contributed by atoms with van der Waals surface area (Å²) >= 11 is 0. The van der Waals surface area contributed by atoms with Gasteiger partial charge < -0.3 is 14.2 Å². The van der Waals surface area contributed by atoms with Gasteiger partial charge in [0.05, 0.1) is 17.6 Å². The number of aromatic nitrogens is 2. The van der Waals surface area contributed by atoms with Gasteiger partial charge in [0, 0.05) is 24.6 Å². The predicted molar refractivity (Wildman–Crippen MR) is 118 cm³/mol. The van der Waals surface area contributed by atoms with Crippen LogP contribution in [-0.4, -0.2) is 28.6 Å². The molecule has 0 radical (unpaired) electrons. The van der Waals surface area contributed by atoms with Crippen LogP contribution in [0.2, 0.25) is 0 Å². The smallest absolute Gasteiger partial charge is 0.227 e. The van der Waals surface area contributed by atoms with Crippen molar-refractivity contribution in [3.63, 3.8) is 0 Å². The average Bonchev–Trinajstić information content (AvgIpc) is 3.36. The largest absolute Gasteiger partial charge is 0.492 e. The molecule has 0 aliphatic carbocycles. The van der Waals surface area contributed by atoms with Crippen LogP contribution in [0.5, 0.6) is 5.75 Å². The Bertz CT molecular complexity index is 1150. The first-order valence-corrected chi connectivity index (χ1v) is 10.3. The molecule has 5 rings (SSSR count). The third kappa shape index (κ3) is 3.54. The van der Waals surface area contributed by atoms with Gasteiger partial charge in [0.25, 0.3) is 0 Å². The Kier molecular flexibility index (Phi) is 4.93. The fourth-order valence-corrected chi connectivity index (χ4v) is 4.15. The molecule has 5 heteroatoms. The van der Waals surface area contributed by atoms with Gasteiger partial charge in [-0.3, -0.25) is 4.79 Å². The number of amides is 1. The standard InChI is InChI=1S/C25H23N3O2/c29-24-17-19(18-28(24)20-9-3-1-4-10-20)25-26-22-13-7-8-14-23(22)27(25)15-16-30-21-11-5-2-6-12-21/h1-14,19H,15-18H2/t19-/m1/s1. The lowest BCUT2D eigenvalue weighted by Gasteiger charge is -2.17. The molecule has 0 bridgehead atoms. The van der Waals surface area contributed by atoms with Crippen molar-refractivity contribution in [2.45, 2.75) is 18.9 Å². The molecule has 1 aliphatic rings. The molecule has 5 nitrogen and oxygen atoms in total. The van der Waals surface area contributed by atoms with Crippen molar-refractivity contribution in [2.75, 3.05) is 18.1 Å². The number of carbonyl (C=O) groups excluding carboxylic acids is 1. The molecule has 30 heavy (non-hydrogen) atoms. The number of rotatable bonds is 6. The Morgan fingerprint density at radius 1 is 0.900 bits per heavy atom. The Labute approximate surface area is 175 Å². The van der Waals surface area contributed by atoms with Crippen molar-refractivity contribution in [3.05, 3.63) is 90.8 Å². The molecular weight excluding hydrogens is 374 g/mol. The van der Waals surface area contributed by atoms with Crippen molar-refractivity contribution >= 4 is 22.6 Å². The molecule has 4 aromatic rings. The topological polar surface area (TPSA) is 47.4 Å². The zero-order valence-corrected chi connectivity index (χ0v) is 16.6. The van der Waals surface area contributed by atoms with E-state index in [0.717, 1.165) is 28.3 Å². The Hall–Kier alpha value is -3.60. The van der Waals surface area contributed by atoms with E-state index in [0.29, 0.717) is 26.1 Å². The quantitative estimate of drug-likeness (QED) is 0.476. The second-order valence-corrected chi connectivity index (χ2v) is 7.51. The second kappa shape index (κ2) is 8.03. The van der Waals surface area contributed by atoms with Gasteiger partial charge in [0.15, 0.2) is 0 Å². The zero-order valence-electron chi connectivity index (χ0n) is 16.6. The molecule has 3 aromatic carbocycles. The van der Waals surface area contributed by atoms with E-state index in [-0.39, 0.29) is 11.8 Å². The molecule has 1 atom stereocenters. The van der Waals surface area contributed by atoms with Gasteiger partial charge in [-0.05, 0) is 36.4 Å². The summed E-state index contributed by atoms with van der Waals surface area (Å²) in [5, 5.41) is 0. The summed E-state index contributed by atoms with van der Waals surface area (Å²) < 4.78 is 8.14. The minimum absolute atomic E-state index is 0.0573. The van der Waals surface area contributed by atoms with Crippen molar-refractivity contribution in [3.8, 4) is 5.75 Å². The number of benzene rings is 3. The van der Waals surface area contributed by atoms with Crippen molar-refractivity contribution < 1.29 is 9.53 Å². The number of para-hydroxylation sites is 4. The molecule has 1 amide bonds. The van der Waals surface area contributed by atoms with E-state index in [9.17, 15) is 4.79 Å². The van der Waals surface area contributed by atoms with Crippen molar-refractivity contribution in [1.82, 2.24) is 9.55 Å². The molecule has 1 aliphatic heterocycles. The SMILES string of the molecule is O=C1C[C@@H](c2nc3ccccc3n2CCOc2ccccc2)CN1c1ccccc1. The van der Waals surface area contributed by atoms with Crippen LogP contribution in [0.3, 0.4) is 0 Å². The van der Waals surface area contributed by atoms with E-state index in [1.54, 1.807) is 0 Å². The van der Waals surface area contributed by atoms with Crippen LogP contribution in [0.4, 0.5) is 5.69 Å². The number of ether oxygens (including phenoxy) is 1.